The predicted molar refractivity (Wildman–Crippen MR) is 255 cm³/mol. The van der Waals surface area contributed by atoms with Gasteiger partial charge in [-0.15, -0.1) is 0 Å². The summed E-state index contributed by atoms with van der Waals surface area (Å²) in [5.41, 5.74) is -2.76. The number of nitrogens with zero attached hydrogens (tertiary/aromatic N) is 2. The van der Waals surface area contributed by atoms with E-state index in [4.69, 9.17) is 9.47 Å². The van der Waals surface area contributed by atoms with Gasteiger partial charge in [0.15, 0.2) is 0 Å². The second-order valence-corrected chi connectivity index (χ2v) is 17.8. The third-order valence-corrected chi connectivity index (χ3v) is 12.0. The molecule has 8 aromatic rings. The summed E-state index contributed by atoms with van der Waals surface area (Å²) in [4.78, 5) is 24.2. The van der Waals surface area contributed by atoms with Gasteiger partial charge in [0.1, 0.15) is 24.7 Å². The average molecular weight is 970 g/mol. The minimum Gasteiger partial charge on any atom is -0.487 e. The Morgan fingerprint density at radius 1 is 0.574 bits per heavy atom. The van der Waals surface area contributed by atoms with Crippen molar-refractivity contribution < 1.29 is 50.5 Å². The van der Waals surface area contributed by atoms with Crippen LogP contribution in [-0.4, -0.2) is 43.7 Å². The number of alkyl halides is 6. The van der Waals surface area contributed by atoms with Gasteiger partial charge >= 0.3 is 17.0 Å². The van der Waals surface area contributed by atoms with Crippen molar-refractivity contribution in [2.45, 2.75) is 66.9 Å². The first-order chi connectivity index (χ1) is 32.6. The van der Waals surface area contributed by atoms with E-state index < -0.39 is 17.0 Å². The SMILES string of the molecule is CCCCNC(=O)c1ccc2c(c1)cc(COc1ccccc1)n2Cc1ccc(SC(F)(F)F)cc1.O=C(O)c1ccc2c(c1)cc(COc1ccccc1)n2Cc1ccc(SC(F)(F)F)cc1. The fourth-order valence-corrected chi connectivity index (χ4v) is 8.41. The van der Waals surface area contributed by atoms with Crippen molar-refractivity contribution in [3.63, 3.8) is 0 Å². The first kappa shape index (κ1) is 49.1. The second kappa shape index (κ2) is 22.3. The number of unbranched alkanes of at least 4 members (excludes halogenated alkanes) is 1. The zero-order chi connectivity index (χ0) is 48.3. The number of amides is 1. The smallest absolute Gasteiger partial charge is 0.446 e. The van der Waals surface area contributed by atoms with Gasteiger partial charge in [0.25, 0.3) is 5.91 Å². The van der Waals surface area contributed by atoms with E-state index in [0.29, 0.717) is 37.6 Å². The lowest BCUT2D eigenvalue weighted by Crippen LogP contribution is -2.24. The summed E-state index contributed by atoms with van der Waals surface area (Å²) < 4.78 is 91.8. The lowest BCUT2D eigenvalue weighted by Gasteiger charge is -2.13. The molecule has 68 heavy (non-hydrogen) atoms. The van der Waals surface area contributed by atoms with Gasteiger partial charge in [0.2, 0.25) is 0 Å². The highest BCUT2D eigenvalue weighted by atomic mass is 32.2. The lowest BCUT2D eigenvalue weighted by atomic mass is 10.1. The van der Waals surface area contributed by atoms with Crippen molar-refractivity contribution >= 4 is 57.2 Å². The van der Waals surface area contributed by atoms with E-state index in [1.165, 1.54) is 30.3 Å². The Morgan fingerprint density at radius 2 is 1.00 bits per heavy atom. The molecule has 6 aromatic carbocycles. The van der Waals surface area contributed by atoms with Gasteiger partial charge < -0.3 is 29.0 Å². The van der Waals surface area contributed by atoms with Crippen LogP contribution < -0.4 is 14.8 Å². The van der Waals surface area contributed by atoms with E-state index in [0.717, 1.165) is 62.9 Å². The number of nitrogens with one attached hydrogen (secondary N) is 1. The molecule has 0 saturated carbocycles. The molecule has 0 aliphatic heterocycles. The number of rotatable bonds is 17. The molecule has 0 spiro atoms. The van der Waals surface area contributed by atoms with Gasteiger partial charge in [-0.2, -0.15) is 26.3 Å². The highest BCUT2D eigenvalue weighted by molar-refractivity contribution is 8.00. The molecule has 0 atom stereocenters. The molecule has 0 aliphatic rings. The van der Waals surface area contributed by atoms with Gasteiger partial charge in [0, 0.05) is 56.8 Å². The number of benzene rings is 6. The molecule has 0 fully saturated rings. The summed E-state index contributed by atoms with van der Waals surface area (Å²) in [6.45, 7) is 4.12. The van der Waals surface area contributed by atoms with E-state index in [-0.39, 0.29) is 51.4 Å². The van der Waals surface area contributed by atoms with Crippen molar-refractivity contribution in [1.82, 2.24) is 14.5 Å². The van der Waals surface area contributed by atoms with Crippen LogP contribution in [0.25, 0.3) is 21.8 Å². The molecule has 2 heterocycles. The third-order valence-electron chi connectivity index (χ3n) is 10.6. The fraction of sp³-hybridized carbons (Fsp3) is 0.192. The number of carboxylic acids is 1. The standard InChI is InChI=1S/C28H27F3N2O2S.C24H18F3NO3S/c1-2-3-15-32-27(34)21-11-14-26-22(16-21)17-23(19-35-24-7-5-4-6-8-24)33(26)18-20-9-12-25(13-10-20)36-28(29,30)31;25-24(26,27)32-21-9-6-16(7-10-21)14-28-19(15-31-20-4-2-1-3-5-20)13-18-12-17(23(29)30)8-11-22(18)28/h4-14,16-17H,2-3,15,18-19H2,1H3,(H,32,34);1-13H,14-15H2,(H,29,30). The summed E-state index contributed by atoms with van der Waals surface area (Å²) in [5, 5.41) is 13.9. The first-order valence-electron chi connectivity index (χ1n) is 21.4. The number of carboxylic acid groups (broad SMARTS) is 1. The second-order valence-electron chi connectivity index (χ2n) is 15.5. The Morgan fingerprint density at radius 3 is 1.41 bits per heavy atom. The maximum absolute atomic E-state index is 12.7. The van der Waals surface area contributed by atoms with Crippen LogP contribution in [0.1, 0.15) is 63.0 Å². The topological polar surface area (TPSA) is 94.7 Å². The van der Waals surface area contributed by atoms with Gasteiger partial charge in [-0.25, -0.2) is 4.79 Å². The quantitative estimate of drug-likeness (QED) is 0.0533. The van der Waals surface area contributed by atoms with Crippen LogP contribution >= 0.6 is 23.5 Å². The molecule has 0 bridgehead atoms. The Bertz CT molecular complexity index is 2940. The van der Waals surface area contributed by atoms with Crippen LogP contribution in [0.4, 0.5) is 26.3 Å². The van der Waals surface area contributed by atoms with Crippen molar-refractivity contribution in [3.8, 4) is 11.5 Å². The van der Waals surface area contributed by atoms with Crippen LogP contribution in [0.5, 0.6) is 11.5 Å². The molecule has 2 N–H and O–H groups in total. The Balaban J connectivity index is 0.000000203. The van der Waals surface area contributed by atoms with Crippen molar-refractivity contribution in [2.75, 3.05) is 6.54 Å². The van der Waals surface area contributed by atoms with Gasteiger partial charge in [0.05, 0.1) is 17.0 Å². The van der Waals surface area contributed by atoms with Crippen LogP contribution in [0, 0.1) is 0 Å². The maximum atomic E-state index is 12.7. The van der Waals surface area contributed by atoms with Crippen molar-refractivity contribution in [3.05, 3.63) is 191 Å². The molecule has 2 aromatic heterocycles. The molecule has 8 nitrogen and oxygen atoms in total. The van der Waals surface area contributed by atoms with E-state index in [2.05, 4.69) is 16.8 Å². The van der Waals surface area contributed by atoms with Gasteiger partial charge in [-0.3, -0.25) is 4.79 Å². The number of carbonyl (C=O) groups is 2. The average Bonchev–Trinajstić information content (AvgIpc) is 3.84. The fourth-order valence-electron chi connectivity index (χ4n) is 7.33. The Labute approximate surface area is 396 Å². The molecular weight excluding hydrogens is 925 g/mol. The van der Waals surface area contributed by atoms with Gasteiger partial charge in [-0.1, -0.05) is 74.0 Å². The Kier molecular flexibility index (Phi) is 16.1. The minimum atomic E-state index is -4.33. The number of ether oxygens (including phenoxy) is 2. The molecule has 0 unspecified atom stereocenters. The molecular formula is C52H45F6N3O5S2. The van der Waals surface area contributed by atoms with Crippen LogP contribution in [-0.2, 0) is 26.3 Å². The molecule has 8 rings (SSSR count). The number of carbonyl (C=O) groups excluding carboxylic acids is 1. The minimum absolute atomic E-state index is 0.113. The van der Waals surface area contributed by atoms with Crippen LogP contribution in [0.15, 0.2) is 168 Å². The summed E-state index contributed by atoms with van der Waals surface area (Å²) in [5.74, 6) is 0.306. The normalized spacial score (nSPS) is 11.6. The third kappa shape index (κ3) is 13.9. The number of fused-ring (bicyclic) bond motifs is 2. The highest BCUT2D eigenvalue weighted by Gasteiger charge is 2.30. The van der Waals surface area contributed by atoms with Crippen LogP contribution in [0.3, 0.4) is 0 Å². The zero-order valence-corrected chi connectivity index (χ0v) is 38.2. The van der Waals surface area contributed by atoms with E-state index >= 15 is 0 Å². The first-order valence-corrected chi connectivity index (χ1v) is 23.0. The monoisotopic (exact) mass is 969 g/mol. The molecule has 1 amide bonds. The number of hydrogen-bond acceptors (Lipinski definition) is 6. The summed E-state index contributed by atoms with van der Waals surface area (Å²) in [6, 6.07) is 45.7. The number of aromatic nitrogens is 2. The summed E-state index contributed by atoms with van der Waals surface area (Å²) >= 11 is -0.274. The number of halogens is 6. The predicted octanol–water partition coefficient (Wildman–Crippen LogP) is 14.0. The van der Waals surface area contributed by atoms with E-state index in [9.17, 15) is 41.0 Å². The van der Waals surface area contributed by atoms with Crippen LogP contribution in [0.2, 0.25) is 0 Å². The molecule has 0 saturated heterocycles. The number of thioether (sulfide) groups is 2. The molecule has 16 heteroatoms. The number of para-hydroxylation sites is 2. The highest BCUT2D eigenvalue weighted by Crippen LogP contribution is 2.38. The number of aromatic carboxylic acids is 1. The zero-order valence-electron chi connectivity index (χ0n) is 36.5. The van der Waals surface area contributed by atoms with E-state index in [1.807, 2.05) is 89.5 Å². The van der Waals surface area contributed by atoms with Crippen molar-refractivity contribution in [2.24, 2.45) is 0 Å². The molecule has 352 valence electrons. The lowest BCUT2D eigenvalue weighted by molar-refractivity contribution is -0.0337. The summed E-state index contributed by atoms with van der Waals surface area (Å²) in [7, 11) is 0. The van der Waals surface area contributed by atoms with Crippen molar-refractivity contribution in [1.29, 1.82) is 0 Å². The maximum Gasteiger partial charge on any atom is 0.446 e. The van der Waals surface area contributed by atoms with Gasteiger partial charge in [-0.05, 0) is 138 Å². The summed E-state index contributed by atoms with van der Waals surface area (Å²) in [6.07, 6.45) is 1.93. The molecule has 0 radical (unpaired) electrons. The van der Waals surface area contributed by atoms with E-state index in [1.54, 1.807) is 42.5 Å². The Hall–Kier alpha value is -6.78. The molecule has 0 aliphatic carbocycles. The largest absolute Gasteiger partial charge is 0.487 e. The number of hydrogen-bond donors (Lipinski definition) is 2.